The fraction of sp³-hybridized carbons (Fsp3) is 0.133. The number of carbonyl (C=O) groups excluding carboxylic acids is 1. The highest BCUT2D eigenvalue weighted by atomic mass is 79.9. The summed E-state index contributed by atoms with van der Waals surface area (Å²) in [5.74, 6) is -0.537. The molecule has 0 amide bonds. The van der Waals surface area contributed by atoms with E-state index in [2.05, 4.69) is 15.9 Å². The Morgan fingerprint density at radius 1 is 1.32 bits per heavy atom. The molecule has 0 atom stereocenters. The monoisotopic (exact) mass is 340 g/mol. The molecule has 0 aromatic heterocycles. The molecule has 0 bridgehead atoms. The largest absolute Gasteiger partial charge is 0.294 e. The number of ketones is 1. The summed E-state index contributed by atoms with van der Waals surface area (Å²) in [5.41, 5.74) is 1.76. The molecule has 0 radical (unpaired) electrons. The van der Waals surface area contributed by atoms with Crippen molar-refractivity contribution in [2.45, 2.75) is 13.3 Å². The Labute approximate surface area is 124 Å². The van der Waals surface area contributed by atoms with Crippen molar-refractivity contribution in [2.24, 2.45) is 0 Å². The second kappa shape index (κ2) is 5.85. The van der Waals surface area contributed by atoms with E-state index >= 15 is 0 Å². The number of hydrogen-bond acceptors (Lipinski definition) is 1. The summed E-state index contributed by atoms with van der Waals surface area (Å²) in [6.07, 6.45) is 0.00366. The van der Waals surface area contributed by atoms with Gasteiger partial charge in [-0.1, -0.05) is 39.7 Å². The van der Waals surface area contributed by atoms with E-state index in [-0.39, 0.29) is 12.2 Å². The minimum absolute atomic E-state index is 0.00366. The van der Waals surface area contributed by atoms with E-state index in [4.69, 9.17) is 11.6 Å². The number of carbonyl (C=O) groups is 1. The molecule has 0 heterocycles. The summed E-state index contributed by atoms with van der Waals surface area (Å²) >= 11 is 9.20. The van der Waals surface area contributed by atoms with Gasteiger partial charge in [0.1, 0.15) is 5.82 Å². The van der Waals surface area contributed by atoms with Crippen LogP contribution in [0.4, 0.5) is 4.39 Å². The first kappa shape index (κ1) is 14.2. The Morgan fingerprint density at radius 3 is 2.79 bits per heavy atom. The van der Waals surface area contributed by atoms with E-state index in [9.17, 15) is 9.18 Å². The van der Waals surface area contributed by atoms with Gasteiger partial charge in [-0.25, -0.2) is 4.39 Å². The number of hydrogen-bond donors (Lipinski definition) is 0. The minimum Gasteiger partial charge on any atom is -0.294 e. The average molecular weight is 342 g/mol. The van der Waals surface area contributed by atoms with Crippen LogP contribution in [-0.4, -0.2) is 5.78 Å². The van der Waals surface area contributed by atoms with Crippen LogP contribution in [0.25, 0.3) is 0 Å². The third-order valence-electron chi connectivity index (χ3n) is 2.93. The molecule has 0 fully saturated rings. The molecule has 2 rings (SSSR count). The third kappa shape index (κ3) is 3.23. The summed E-state index contributed by atoms with van der Waals surface area (Å²) in [4.78, 5) is 12.2. The molecule has 0 spiro atoms. The van der Waals surface area contributed by atoms with Crippen molar-refractivity contribution >= 4 is 33.3 Å². The lowest BCUT2D eigenvalue weighted by atomic mass is 9.99. The predicted octanol–water partition coefficient (Wildman–Crippen LogP) is 4.98. The maximum atomic E-state index is 13.6. The Kier molecular flexibility index (Phi) is 4.38. The van der Waals surface area contributed by atoms with Crippen LogP contribution in [0, 0.1) is 12.7 Å². The lowest BCUT2D eigenvalue weighted by molar-refractivity contribution is 0.0991. The van der Waals surface area contributed by atoms with Gasteiger partial charge in [-0.2, -0.15) is 0 Å². The van der Waals surface area contributed by atoms with Crippen molar-refractivity contribution in [3.05, 3.63) is 68.4 Å². The summed E-state index contributed by atoms with van der Waals surface area (Å²) < 4.78 is 14.5. The standard InChI is InChI=1S/C15H11BrClFO/c1-9-12(3-2-4-13(9)16)15(19)8-10-7-11(17)5-6-14(10)18/h2-7H,8H2,1H3. The first-order chi connectivity index (χ1) is 8.99. The third-order valence-corrected chi connectivity index (χ3v) is 4.02. The lowest BCUT2D eigenvalue weighted by Crippen LogP contribution is -2.07. The second-order valence-corrected chi connectivity index (χ2v) is 5.54. The van der Waals surface area contributed by atoms with Gasteiger partial charge in [0.15, 0.2) is 5.78 Å². The van der Waals surface area contributed by atoms with E-state index in [0.717, 1.165) is 10.0 Å². The highest BCUT2D eigenvalue weighted by molar-refractivity contribution is 9.10. The fourth-order valence-electron chi connectivity index (χ4n) is 1.86. The van der Waals surface area contributed by atoms with Crippen LogP contribution >= 0.6 is 27.5 Å². The van der Waals surface area contributed by atoms with Crippen molar-refractivity contribution < 1.29 is 9.18 Å². The zero-order chi connectivity index (χ0) is 14.0. The molecule has 1 nitrogen and oxygen atoms in total. The van der Waals surface area contributed by atoms with Crippen molar-refractivity contribution in [1.29, 1.82) is 0 Å². The van der Waals surface area contributed by atoms with Crippen LogP contribution in [-0.2, 0) is 6.42 Å². The molecule has 19 heavy (non-hydrogen) atoms. The van der Waals surface area contributed by atoms with Gasteiger partial charge in [-0.3, -0.25) is 4.79 Å². The maximum absolute atomic E-state index is 13.6. The molecule has 2 aromatic carbocycles. The van der Waals surface area contributed by atoms with Crippen LogP contribution in [0.2, 0.25) is 5.02 Å². The van der Waals surface area contributed by atoms with Crippen LogP contribution < -0.4 is 0 Å². The first-order valence-corrected chi connectivity index (χ1v) is 6.88. The summed E-state index contributed by atoms with van der Waals surface area (Å²) in [6, 6.07) is 9.63. The molecule has 4 heteroatoms. The minimum atomic E-state index is -0.412. The Hall–Kier alpha value is -1.19. The number of Topliss-reactive ketones (excluding diaryl/α,β-unsaturated/α-hetero) is 1. The zero-order valence-corrected chi connectivity index (χ0v) is 12.6. The van der Waals surface area contributed by atoms with Gasteiger partial charge in [0, 0.05) is 21.5 Å². The van der Waals surface area contributed by atoms with Crippen LogP contribution in [0.15, 0.2) is 40.9 Å². The first-order valence-electron chi connectivity index (χ1n) is 5.71. The Balaban J connectivity index is 2.31. The molecule has 0 aliphatic carbocycles. The second-order valence-electron chi connectivity index (χ2n) is 4.25. The van der Waals surface area contributed by atoms with Gasteiger partial charge in [-0.15, -0.1) is 0 Å². The molecular weight excluding hydrogens is 331 g/mol. The quantitative estimate of drug-likeness (QED) is 0.720. The molecule has 0 aliphatic rings. The highest BCUT2D eigenvalue weighted by Crippen LogP contribution is 2.22. The van der Waals surface area contributed by atoms with Gasteiger partial charge in [0.05, 0.1) is 0 Å². The molecular formula is C15H11BrClFO. The normalized spacial score (nSPS) is 10.5. The molecule has 0 unspecified atom stereocenters. The number of halogens is 3. The highest BCUT2D eigenvalue weighted by Gasteiger charge is 2.14. The van der Waals surface area contributed by atoms with Crippen molar-refractivity contribution in [3.8, 4) is 0 Å². The van der Waals surface area contributed by atoms with E-state index in [1.165, 1.54) is 18.2 Å². The van der Waals surface area contributed by atoms with Crippen molar-refractivity contribution in [3.63, 3.8) is 0 Å². The van der Waals surface area contributed by atoms with Gasteiger partial charge >= 0.3 is 0 Å². The summed E-state index contributed by atoms with van der Waals surface area (Å²) in [7, 11) is 0. The van der Waals surface area contributed by atoms with Gasteiger partial charge in [0.2, 0.25) is 0 Å². The topological polar surface area (TPSA) is 17.1 Å². The molecule has 0 saturated heterocycles. The van der Waals surface area contributed by atoms with E-state index in [0.29, 0.717) is 16.1 Å². The molecule has 0 saturated carbocycles. The molecule has 2 aromatic rings. The Morgan fingerprint density at radius 2 is 2.05 bits per heavy atom. The summed E-state index contributed by atoms with van der Waals surface area (Å²) in [6.45, 7) is 1.85. The van der Waals surface area contributed by atoms with Crippen molar-refractivity contribution in [2.75, 3.05) is 0 Å². The number of rotatable bonds is 3. The smallest absolute Gasteiger partial charge is 0.167 e. The lowest BCUT2D eigenvalue weighted by Gasteiger charge is -2.07. The van der Waals surface area contributed by atoms with E-state index < -0.39 is 5.82 Å². The average Bonchev–Trinajstić information content (AvgIpc) is 2.37. The fourth-order valence-corrected chi connectivity index (χ4v) is 2.42. The van der Waals surface area contributed by atoms with E-state index in [1.807, 2.05) is 13.0 Å². The van der Waals surface area contributed by atoms with Gasteiger partial charge in [0.25, 0.3) is 0 Å². The van der Waals surface area contributed by atoms with E-state index in [1.54, 1.807) is 12.1 Å². The zero-order valence-electron chi connectivity index (χ0n) is 10.2. The van der Waals surface area contributed by atoms with Crippen LogP contribution in [0.3, 0.4) is 0 Å². The Bertz CT molecular complexity index is 640. The van der Waals surface area contributed by atoms with Gasteiger partial charge < -0.3 is 0 Å². The van der Waals surface area contributed by atoms with Gasteiger partial charge in [-0.05, 0) is 42.3 Å². The summed E-state index contributed by atoms with van der Waals surface area (Å²) in [5, 5.41) is 0.426. The molecule has 98 valence electrons. The van der Waals surface area contributed by atoms with Crippen molar-refractivity contribution in [1.82, 2.24) is 0 Å². The molecule has 0 aliphatic heterocycles. The SMILES string of the molecule is Cc1c(Br)cccc1C(=O)Cc1cc(Cl)ccc1F. The predicted molar refractivity (Wildman–Crippen MR) is 78.3 cm³/mol. The van der Waals surface area contributed by atoms with Crippen LogP contribution in [0.1, 0.15) is 21.5 Å². The molecule has 0 N–H and O–H groups in total. The van der Waals surface area contributed by atoms with Crippen LogP contribution in [0.5, 0.6) is 0 Å². The number of benzene rings is 2. The maximum Gasteiger partial charge on any atom is 0.167 e.